The van der Waals surface area contributed by atoms with E-state index in [-0.39, 0.29) is 0 Å². The molecule has 1 atom stereocenters. The first-order valence-corrected chi connectivity index (χ1v) is 7.66. The Bertz CT molecular complexity index is 888. The number of nitrogens with zero attached hydrogens (tertiary/aromatic N) is 4. The zero-order valence-electron chi connectivity index (χ0n) is 11.7. The van der Waals surface area contributed by atoms with E-state index in [1.165, 1.54) is 0 Å². The van der Waals surface area contributed by atoms with Crippen molar-refractivity contribution < 1.29 is 0 Å². The minimum atomic E-state index is -0.570. The van der Waals surface area contributed by atoms with E-state index < -0.39 is 5.62 Å². The van der Waals surface area contributed by atoms with Crippen LogP contribution in [0.5, 0.6) is 0 Å². The molecule has 1 aliphatic heterocycles. The van der Waals surface area contributed by atoms with Gasteiger partial charge in [0.1, 0.15) is 0 Å². The van der Waals surface area contributed by atoms with E-state index in [2.05, 4.69) is 22.1 Å². The lowest BCUT2D eigenvalue weighted by Crippen LogP contribution is -2.35. The van der Waals surface area contributed by atoms with Gasteiger partial charge in [-0.3, -0.25) is 4.57 Å². The molecule has 0 spiro atoms. The highest BCUT2D eigenvalue weighted by Gasteiger charge is 2.23. The largest absolute Gasteiger partial charge is 0.315 e. The maximum Gasteiger partial charge on any atom is 0.235 e. The molecule has 0 amide bonds. The van der Waals surface area contributed by atoms with Crippen LogP contribution in [0, 0.1) is 0 Å². The molecule has 0 aliphatic carbocycles. The molecular weight excluding hydrogens is 319 g/mol. The molecule has 2 heterocycles. The van der Waals surface area contributed by atoms with Gasteiger partial charge in [0.2, 0.25) is 16.9 Å². The third-order valence-electron chi connectivity index (χ3n) is 3.80. The van der Waals surface area contributed by atoms with Crippen LogP contribution in [0.3, 0.4) is 0 Å². The summed E-state index contributed by atoms with van der Waals surface area (Å²) in [5, 5.41) is 2.63. The number of para-hydroxylation sites is 2. The molecule has 1 unspecified atom stereocenters. The molecule has 0 N–H and O–H groups in total. The first-order valence-electron chi connectivity index (χ1n) is 6.84. The van der Waals surface area contributed by atoms with Gasteiger partial charge in [-0.25, -0.2) is 4.99 Å². The second kappa shape index (κ2) is 5.00. The van der Waals surface area contributed by atoms with E-state index in [0.29, 0.717) is 11.3 Å². The van der Waals surface area contributed by atoms with Crippen molar-refractivity contribution in [2.24, 2.45) is 9.98 Å². The molecule has 6 heteroatoms. The first kappa shape index (κ1) is 13.6. The van der Waals surface area contributed by atoms with Crippen molar-refractivity contribution >= 4 is 56.3 Å². The van der Waals surface area contributed by atoms with E-state index in [0.717, 1.165) is 21.8 Å². The van der Waals surface area contributed by atoms with Crippen molar-refractivity contribution in [2.45, 2.75) is 5.62 Å². The van der Waals surface area contributed by atoms with E-state index in [4.69, 9.17) is 23.2 Å². The summed E-state index contributed by atoms with van der Waals surface area (Å²) >= 11 is 12.4. The Labute approximate surface area is 137 Å². The summed E-state index contributed by atoms with van der Waals surface area (Å²) in [6.07, 6.45) is 0. The quantitative estimate of drug-likeness (QED) is 0.452. The van der Waals surface area contributed by atoms with Crippen LogP contribution in [-0.4, -0.2) is 33.4 Å². The topological polar surface area (TPSA) is 32.9 Å². The Morgan fingerprint density at radius 3 is 2.05 bits per heavy atom. The lowest BCUT2D eigenvalue weighted by molar-refractivity contribution is 0.478. The average Bonchev–Trinajstić information content (AvgIpc) is 2.87. The summed E-state index contributed by atoms with van der Waals surface area (Å²) in [6, 6.07) is 16.3. The third-order valence-corrected chi connectivity index (χ3v) is 4.55. The van der Waals surface area contributed by atoms with Gasteiger partial charge in [0.05, 0.1) is 11.0 Å². The molecule has 3 aromatic rings. The molecule has 4 nitrogen and oxygen atoms in total. The summed E-state index contributed by atoms with van der Waals surface area (Å²) in [7, 11) is 1.76. The number of rotatable bonds is 0. The van der Waals surface area contributed by atoms with Crippen LogP contribution in [0.1, 0.15) is 0 Å². The average molecular weight is 331 g/mol. The van der Waals surface area contributed by atoms with Gasteiger partial charge < -0.3 is 4.90 Å². The molecule has 0 bridgehead atoms. The normalized spacial score (nSPS) is 18.7. The number of benzene rings is 2. The van der Waals surface area contributed by atoms with Gasteiger partial charge in [-0.2, -0.15) is 4.99 Å². The maximum atomic E-state index is 6.24. The third kappa shape index (κ3) is 1.91. The van der Waals surface area contributed by atoms with Crippen molar-refractivity contribution in [1.29, 1.82) is 0 Å². The maximum absolute atomic E-state index is 6.24. The molecule has 0 fully saturated rings. The van der Waals surface area contributed by atoms with Gasteiger partial charge in [-0.05, 0) is 23.7 Å². The van der Waals surface area contributed by atoms with Crippen molar-refractivity contribution in [3.8, 4) is 0 Å². The zero-order chi connectivity index (χ0) is 15.3. The minimum absolute atomic E-state index is 0.326. The van der Waals surface area contributed by atoms with Crippen LogP contribution in [0.25, 0.3) is 21.8 Å². The van der Waals surface area contributed by atoms with Crippen molar-refractivity contribution in [2.75, 3.05) is 7.05 Å². The highest BCUT2D eigenvalue weighted by Crippen LogP contribution is 2.29. The number of alkyl halides is 1. The van der Waals surface area contributed by atoms with Crippen molar-refractivity contribution in [1.82, 2.24) is 9.47 Å². The number of amidine groups is 1. The van der Waals surface area contributed by atoms with Gasteiger partial charge in [-0.15, -0.1) is 0 Å². The first-order chi connectivity index (χ1) is 10.7. The van der Waals surface area contributed by atoms with Crippen LogP contribution < -0.4 is 0 Å². The van der Waals surface area contributed by atoms with E-state index in [1.54, 1.807) is 11.9 Å². The molecule has 110 valence electrons. The summed E-state index contributed by atoms with van der Waals surface area (Å²) < 4.78 is 2.00. The fourth-order valence-electron chi connectivity index (χ4n) is 2.71. The SMILES string of the molecule is CN1C(Cl)=NC(n2c3ccccc3c3ccccc32)=NC1Cl. The fourth-order valence-corrected chi connectivity index (χ4v) is 3.10. The number of aromatic nitrogens is 1. The van der Waals surface area contributed by atoms with Crippen LogP contribution in [0.4, 0.5) is 0 Å². The number of hydrogen-bond donors (Lipinski definition) is 0. The Morgan fingerprint density at radius 1 is 0.955 bits per heavy atom. The van der Waals surface area contributed by atoms with E-state index >= 15 is 0 Å². The second-order valence-corrected chi connectivity index (χ2v) is 5.83. The van der Waals surface area contributed by atoms with Gasteiger partial charge in [0, 0.05) is 17.8 Å². The van der Waals surface area contributed by atoms with Crippen LogP contribution in [-0.2, 0) is 0 Å². The Balaban J connectivity index is 2.08. The van der Waals surface area contributed by atoms with E-state index in [1.807, 2.05) is 41.0 Å². The summed E-state index contributed by atoms with van der Waals surface area (Å²) in [4.78, 5) is 10.5. The highest BCUT2D eigenvalue weighted by molar-refractivity contribution is 6.65. The number of aliphatic imine (C=N–C) groups is 2. The van der Waals surface area contributed by atoms with Crippen LogP contribution in [0.15, 0.2) is 58.5 Å². The highest BCUT2D eigenvalue weighted by atomic mass is 35.5. The summed E-state index contributed by atoms with van der Waals surface area (Å²) in [5.41, 5.74) is 1.49. The van der Waals surface area contributed by atoms with Crippen molar-refractivity contribution in [3.63, 3.8) is 0 Å². The molecule has 0 saturated heterocycles. The monoisotopic (exact) mass is 330 g/mol. The summed E-state index contributed by atoms with van der Waals surface area (Å²) in [6.45, 7) is 0. The Kier molecular flexibility index (Phi) is 3.10. The molecule has 22 heavy (non-hydrogen) atoms. The lowest BCUT2D eigenvalue weighted by atomic mass is 10.2. The summed E-state index contributed by atoms with van der Waals surface area (Å²) in [5.74, 6) is 0.500. The van der Waals surface area contributed by atoms with Crippen LogP contribution >= 0.6 is 23.2 Å². The molecule has 1 aromatic heterocycles. The van der Waals surface area contributed by atoms with Gasteiger partial charge in [-0.1, -0.05) is 48.0 Å². The van der Waals surface area contributed by atoms with Crippen molar-refractivity contribution in [3.05, 3.63) is 48.5 Å². The molecule has 1 aliphatic rings. The number of fused-ring (bicyclic) bond motifs is 3. The number of hydrogen-bond acceptors (Lipinski definition) is 3. The predicted molar refractivity (Wildman–Crippen MR) is 93.0 cm³/mol. The lowest BCUT2D eigenvalue weighted by Gasteiger charge is -2.24. The molecule has 0 radical (unpaired) electrons. The number of halogens is 2. The second-order valence-electron chi connectivity index (χ2n) is 5.10. The molecule has 2 aromatic carbocycles. The van der Waals surface area contributed by atoms with Gasteiger partial charge >= 0.3 is 0 Å². The Hall–Kier alpha value is -2.04. The van der Waals surface area contributed by atoms with Gasteiger partial charge in [0.15, 0.2) is 0 Å². The molecular formula is C16H12Cl2N4. The minimum Gasteiger partial charge on any atom is -0.315 e. The predicted octanol–water partition coefficient (Wildman–Crippen LogP) is 4.06. The van der Waals surface area contributed by atoms with Gasteiger partial charge in [0.25, 0.3) is 0 Å². The molecule has 4 rings (SSSR count). The zero-order valence-corrected chi connectivity index (χ0v) is 13.3. The standard InChI is InChI=1S/C16H12Cl2N4/c1-21-14(17)19-16(20-15(21)18)22-12-8-4-2-6-10(12)11-7-3-5-9-13(11)22/h2-9,14H,1H3. The fraction of sp³-hybridized carbons (Fsp3) is 0.125. The van der Waals surface area contributed by atoms with Crippen LogP contribution in [0.2, 0.25) is 0 Å². The molecule has 0 saturated carbocycles. The smallest absolute Gasteiger partial charge is 0.235 e. The Morgan fingerprint density at radius 2 is 1.50 bits per heavy atom. The van der Waals surface area contributed by atoms with E-state index in [9.17, 15) is 0 Å².